The Morgan fingerprint density at radius 1 is 1.69 bits per heavy atom. The van der Waals surface area contributed by atoms with Crippen LogP contribution in [0.1, 0.15) is 16.4 Å². The molecule has 0 amide bonds. The maximum Gasteiger partial charge on any atom is 0.358 e. The van der Waals surface area contributed by atoms with E-state index >= 15 is 0 Å². The minimum Gasteiger partial charge on any atom is -0.476 e. The summed E-state index contributed by atoms with van der Waals surface area (Å²) < 4.78 is 10.2. The van der Waals surface area contributed by atoms with Gasteiger partial charge in [-0.05, 0) is 6.07 Å². The SMILES string of the molecule is COCc1nc(C(=O)O)c(-c2cc[nH]c2)o1. The van der Waals surface area contributed by atoms with E-state index < -0.39 is 5.97 Å². The van der Waals surface area contributed by atoms with Crippen LogP contribution in [0.25, 0.3) is 11.3 Å². The molecule has 2 N–H and O–H groups in total. The Labute approximate surface area is 90.9 Å². The number of carbonyl (C=O) groups is 1. The predicted molar refractivity (Wildman–Crippen MR) is 54.0 cm³/mol. The van der Waals surface area contributed by atoms with Crippen molar-refractivity contribution >= 4 is 5.97 Å². The number of nitrogens with one attached hydrogen (secondary N) is 1. The summed E-state index contributed by atoms with van der Waals surface area (Å²) in [5.41, 5.74) is 0.541. The van der Waals surface area contributed by atoms with Crippen LogP contribution in [0.5, 0.6) is 0 Å². The van der Waals surface area contributed by atoms with Gasteiger partial charge >= 0.3 is 5.97 Å². The van der Waals surface area contributed by atoms with E-state index in [1.165, 1.54) is 7.11 Å². The number of carboxylic acid groups (broad SMARTS) is 1. The van der Waals surface area contributed by atoms with Crippen molar-refractivity contribution in [3.8, 4) is 11.3 Å². The number of hydrogen-bond acceptors (Lipinski definition) is 4. The Kier molecular flexibility index (Phi) is 2.74. The van der Waals surface area contributed by atoms with Crippen molar-refractivity contribution in [1.82, 2.24) is 9.97 Å². The number of methoxy groups -OCH3 is 1. The molecule has 0 unspecified atom stereocenters. The van der Waals surface area contributed by atoms with Crippen LogP contribution in [0.2, 0.25) is 0 Å². The minimum atomic E-state index is -1.12. The van der Waals surface area contributed by atoms with Crippen LogP contribution in [0.4, 0.5) is 0 Å². The smallest absolute Gasteiger partial charge is 0.358 e. The second kappa shape index (κ2) is 4.19. The van der Waals surface area contributed by atoms with Crippen LogP contribution in [-0.4, -0.2) is 28.2 Å². The zero-order valence-corrected chi connectivity index (χ0v) is 8.56. The van der Waals surface area contributed by atoms with Gasteiger partial charge in [0.1, 0.15) is 6.61 Å². The third kappa shape index (κ3) is 1.82. The molecule has 0 aliphatic rings. The number of aromatic nitrogens is 2. The summed E-state index contributed by atoms with van der Waals surface area (Å²) in [5, 5.41) is 8.97. The zero-order chi connectivity index (χ0) is 11.5. The summed E-state index contributed by atoms with van der Waals surface area (Å²) in [6.45, 7) is 0.144. The van der Waals surface area contributed by atoms with Crippen molar-refractivity contribution < 1.29 is 19.1 Å². The van der Waals surface area contributed by atoms with Gasteiger partial charge in [-0.25, -0.2) is 9.78 Å². The standard InChI is InChI=1S/C10H10N2O4/c1-15-5-7-12-8(10(13)14)9(16-7)6-2-3-11-4-6/h2-4,11H,5H2,1H3,(H,13,14). The molecule has 2 aromatic heterocycles. The van der Waals surface area contributed by atoms with Crippen LogP contribution >= 0.6 is 0 Å². The van der Waals surface area contributed by atoms with Gasteiger partial charge in [-0.2, -0.15) is 0 Å². The first-order chi connectivity index (χ1) is 7.72. The highest BCUT2D eigenvalue weighted by atomic mass is 16.5. The Bertz CT molecular complexity index is 487. The third-order valence-electron chi connectivity index (χ3n) is 2.00. The molecule has 6 nitrogen and oxygen atoms in total. The molecule has 16 heavy (non-hydrogen) atoms. The molecule has 0 bridgehead atoms. The van der Waals surface area contributed by atoms with Gasteiger partial charge in [0.2, 0.25) is 5.89 Å². The van der Waals surface area contributed by atoms with Gasteiger partial charge in [-0.3, -0.25) is 0 Å². The second-order valence-corrected chi connectivity index (χ2v) is 3.12. The maximum absolute atomic E-state index is 11.0. The van der Waals surface area contributed by atoms with E-state index in [9.17, 15) is 4.79 Å². The number of aromatic amines is 1. The monoisotopic (exact) mass is 222 g/mol. The average Bonchev–Trinajstić information content (AvgIpc) is 2.83. The molecular formula is C10H10N2O4. The van der Waals surface area contributed by atoms with Crippen molar-refractivity contribution in [2.24, 2.45) is 0 Å². The van der Waals surface area contributed by atoms with Crippen molar-refractivity contribution in [2.45, 2.75) is 6.61 Å². The third-order valence-corrected chi connectivity index (χ3v) is 2.00. The number of rotatable bonds is 4. The Hall–Kier alpha value is -2.08. The average molecular weight is 222 g/mol. The summed E-state index contributed by atoms with van der Waals surface area (Å²) in [6, 6.07) is 1.71. The molecule has 0 fully saturated rings. The number of aromatic carboxylic acids is 1. The number of carboxylic acids is 1. The van der Waals surface area contributed by atoms with E-state index in [2.05, 4.69) is 9.97 Å². The van der Waals surface area contributed by atoms with Gasteiger partial charge in [0.15, 0.2) is 11.5 Å². The maximum atomic E-state index is 11.0. The molecule has 2 heterocycles. The summed E-state index contributed by atoms with van der Waals surface area (Å²) in [4.78, 5) is 17.6. The number of oxazole rings is 1. The first-order valence-corrected chi connectivity index (χ1v) is 4.57. The second-order valence-electron chi connectivity index (χ2n) is 3.12. The Morgan fingerprint density at radius 3 is 3.06 bits per heavy atom. The molecule has 0 aromatic carbocycles. The van der Waals surface area contributed by atoms with Gasteiger partial charge in [-0.1, -0.05) is 0 Å². The highest BCUT2D eigenvalue weighted by molar-refractivity contribution is 5.92. The topological polar surface area (TPSA) is 88.4 Å². The molecular weight excluding hydrogens is 212 g/mol. The summed E-state index contributed by atoms with van der Waals surface area (Å²) in [5.74, 6) is -0.640. The van der Waals surface area contributed by atoms with Crippen molar-refractivity contribution in [1.29, 1.82) is 0 Å². The van der Waals surface area contributed by atoms with E-state index in [0.717, 1.165) is 0 Å². The molecule has 6 heteroatoms. The molecule has 84 valence electrons. The molecule has 0 saturated heterocycles. The van der Waals surface area contributed by atoms with E-state index in [-0.39, 0.29) is 24.0 Å². The predicted octanol–water partition coefficient (Wildman–Crippen LogP) is 1.51. The van der Waals surface area contributed by atoms with Crippen LogP contribution < -0.4 is 0 Å². The molecule has 2 aromatic rings. The fraction of sp³-hybridized carbons (Fsp3) is 0.200. The number of H-pyrrole nitrogens is 1. The van der Waals surface area contributed by atoms with Crippen LogP contribution in [0.15, 0.2) is 22.9 Å². The van der Waals surface area contributed by atoms with Gasteiger partial charge in [0, 0.05) is 25.1 Å². The normalized spacial score (nSPS) is 10.6. The molecule has 0 aliphatic heterocycles. The van der Waals surface area contributed by atoms with Gasteiger partial charge in [0.25, 0.3) is 0 Å². The minimum absolute atomic E-state index is 0.105. The first-order valence-electron chi connectivity index (χ1n) is 4.57. The molecule has 0 aliphatic carbocycles. The first kappa shape index (κ1) is 10.4. The van der Waals surface area contributed by atoms with E-state index in [0.29, 0.717) is 5.56 Å². The summed E-state index contributed by atoms with van der Waals surface area (Å²) in [7, 11) is 1.49. The van der Waals surface area contributed by atoms with E-state index in [4.69, 9.17) is 14.3 Å². The van der Waals surface area contributed by atoms with Crippen LogP contribution in [-0.2, 0) is 11.3 Å². The van der Waals surface area contributed by atoms with Gasteiger partial charge in [0.05, 0.1) is 0 Å². The van der Waals surface area contributed by atoms with Crippen LogP contribution in [0, 0.1) is 0 Å². The molecule has 2 rings (SSSR count). The number of hydrogen-bond donors (Lipinski definition) is 2. The number of ether oxygens (including phenoxy) is 1. The van der Waals surface area contributed by atoms with E-state index in [1.54, 1.807) is 18.5 Å². The molecule has 0 saturated carbocycles. The Morgan fingerprint density at radius 2 is 2.50 bits per heavy atom. The molecule has 0 radical (unpaired) electrons. The van der Waals surface area contributed by atoms with Crippen molar-refractivity contribution in [2.75, 3.05) is 7.11 Å². The molecule has 0 spiro atoms. The van der Waals surface area contributed by atoms with Gasteiger partial charge < -0.3 is 19.2 Å². The fourth-order valence-corrected chi connectivity index (χ4v) is 1.36. The highest BCUT2D eigenvalue weighted by Gasteiger charge is 2.20. The lowest BCUT2D eigenvalue weighted by atomic mass is 10.2. The Balaban J connectivity index is 2.46. The lowest BCUT2D eigenvalue weighted by molar-refractivity contribution is 0.0691. The van der Waals surface area contributed by atoms with Crippen LogP contribution in [0.3, 0.4) is 0 Å². The lowest BCUT2D eigenvalue weighted by Gasteiger charge is -1.92. The molecule has 0 atom stereocenters. The van der Waals surface area contributed by atoms with E-state index in [1.807, 2.05) is 0 Å². The highest BCUT2D eigenvalue weighted by Crippen LogP contribution is 2.24. The number of nitrogens with zero attached hydrogens (tertiary/aromatic N) is 1. The van der Waals surface area contributed by atoms with Crippen molar-refractivity contribution in [3.63, 3.8) is 0 Å². The fourth-order valence-electron chi connectivity index (χ4n) is 1.36. The lowest BCUT2D eigenvalue weighted by Crippen LogP contribution is -1.99. The summed E-state index contributed by atoms with van der Waals surface area (Å²) >= 11 is 0. The summed E-state index contributed by atoms with van der Waals surface area (Å²) in [6.07, 6.45) is 3.32. The van der Waals surface area contributed by atoms with Crippen molar-refractivity contribution in [3.05, 3.63) is 30.0 Å². The van der Waals surface area contributed by atoms with Gasteiger partial charge in [-0.15, -0.1) is 0 Å². The quantitative estimate of drug-likeness (QED) is 0.818. The largest absolute Gasteiger partial charge is 0.476 e. The zero-order valence-electron chi connectivity index (χ0n) is 8.56.